The highest BCUT2D eigenvalue weighted by atomic mass is 16.3. The maximum atomic E-state index is 8.91. The molecule has 0 aliphatic heterocycles. The number of hydrogen-bond donors (Lipinski definition) is 2. The lowest BCUT2D eigenvalue weighted by atomic mass is 9.89. The molecule has 0 aromatic heterocycles. The van der Waals surface area contributed by atoms with Crippen LogP contribution in [0.25, 0.3) is 0 Å². The Kier molecular flexibility index (Phi) is 6.19. The lowest BCUT2D eigenvalue weighted by Gasteiger charge is -2.19. The molecule has 0 aliphatic carbocycles. The van der Waals surface area contributed by atoms with Crippen molar-refractivity contribution in [1.82, 2.24) is 0 Å². The summed E-state index contributed by atoms with van der Waals surface area (Å²) in [5.74, 6) is 4.76. The quantitative estimate of drug-likeness (QED) is 0.575. The van der Waals surface area contributed by atoms with Crippen LogP contribution in [0.5, 0.6) is 0 Å². The second-order valence-electron chi connectivity index (χ2n) is 2.70. The van der Waals surface area contributed by atoms with Gasteiger partial charge in [0.05, 0.1) is 0 Å². The van der Waals surface area contributed by atoms with Crippen molar-refractivity contribution in [3.63, 3.8) is 0 Å². The van der Waals surface area contributed by atoms with Crippen LogP contribution in [0.3, 0.4) is 0 Å². The highest BCUT2D eigenvalue weighted by Crippen LogP contribution is 2.17. The summed E-state index contributed by atoms with van der Waals surface area (Å²) in [7, 11) is 0. The van der Waals surface area contributed by atoms with Crippen LogP contribution in [0.2, 0.25) is 0 Å². The smallest absolute Gasteiger partial charge is 0.0472 e. The molecule has 0 aromatic carbocycles. The third kappa shape index (κ3) is 3.44. The van der Waals surface area contributed by atoms with Crippen molar-refractivity contribution in [2.75, 3.05) is 13.2 Å². The summed E-state index contributed by atoms with van der Waals surface area (Å²) in [6.45, 7) is -0.0335. The van der Waals surface area contributed by atoms with Crippen LogP contribution >= 0.6 is 0 Å². The molecule has 0 heterocycles. The molecule has 66 valence electrons. The Hall–Kier alpha value is -0.960. The van der Waals surface area contributed by atoms with Gasteiger partial charge in [-0.2, -0.15) is 0 Å². The summed E-state index contributed by atoms with van der Waals surface area (Å²) in [6, 6.07) is 0. The molecule has 2 atom stereocenters. The summed E-state index contributed by atoms with van der Waals surface area (Å²) in [5.41, 5.74) is 0. The van der Waals surface area contributed by atoms with E-state index in [0.717, 1.165) is 0 Å². The average Bonchev–Trinajstić information content (AvgIpc) is 2.11. The predicted octanol–water partition coefficient (Wildman–Crippen LogP) is 0.250. The molecule has 0 aliphatic rings. The van der Waals surface area contributed by atoms with E-state index in [1.807, 2.05) is 0 Å². The lowest BCUT2D eigenvalue weighted by molar-refractivity contribution is 0.125. The minimum absolute atomic E-state index is 0.0168. The molecular weight excluding hydrogens is 152 g/mol. The first kappa shape index (κ1) is 11.0. The summed E-state index contributed by atoms with van der Waals surface area (Å²) in [6.07, 6.45) is 11.1. The number of aliphatic hydroxyl groups excluding tert-OH is 2. The monoisotopic (exact) mass is 166 g/mol. The van der Waals surface area contributed by atoms with Gasteiger partial charge in [0.1, 0.15) is 0 Å². The number of terminal acetylenes is 2. The van der Waals surface area contributed by atoms with Gasteiger partial charge < -0.3 is 10.2 Å². The first-order valence-electron chi connectivity index (χ1n) is 3.88. The molecule has 0 aromatic rings. The van der Waals surface area contributed by atoms with E-state index in [2.05, 4.69) is 11.8 Å². The van der Waals surface area contributed by atoms with Gasteiger partial charge in [0, 0.05) is 26.1 Å². The van der Waals surface area contributed by atoms with Gasteiger partial charge in [-0.1, -0.05) is 0 Å². The Balaban J connectivity index is 4.06. The molecule has 0 saturated heterocycles. The molecule has 0 spiro atoms. The van der Waals surface area contributed by atoms with E-state index in [4.69, 9.17) is 23.1 Å². The topological polar surface area (TPSA) is 40.5 Å². The van der Waals surface area contributed by atoms with Crippen LogP contribution in [-0.2, 0) is 0 Å². The second kappa shape index (κ2) is 6.73. The van der Waals surface area contributed by atoms with Gasteiger partial charge in [-0.15, -0.1) is 24.7 Å². The Morgan fingerprint density at radius 1 is 0.917 bits per heavy atom. The normalized spacial score (nSPS) is 14.3. The molecule has 0 amide bonds. The van der Waals surface area contributed by atoms with Gasteiger partial charge in [0.25, 0.3) is 0 Å². The zero-order valence-corrected chi connectivity index (χ0v) is 7.03. The van der Waals surface area contributed by atoms with Gasteiger partial charge in [-0.3, -0.25) is 0 Å². The van der Waals surface area contributed by atoms with Crippen molar-refractivity contribution < 1.29 is 10.2 Å². The van der Waals surface area contributed by atoms with Crippen LogP contribution in [0, 0.1) is 36.5 Å². The van der Waals surface area contributed by atoms with Crippen molar-refractivity contribution in [2.24, 2.45) is 11.8 Å². The zero-order chi connectivity index (χ0) is 9.40. The Bertz CT molecular complexity index is 163. The van der Waals surface area contributed by atoms with Gasteiger partial charge in [-0.05, 0) is 11.8 Å². The molecule has 0 rings (SSSR count). The van der Waals surface area contributed by atoms with Gasteiger partial charge in [0.2, 0.25) is 0 Å². The van der Waals surface area contributed by atoms with E-state index in [9.17, 15) is 0 Å². The van der Waals surface area contributed by atoms with Crippen molar-refractivity contribution in [1.29, 1.82) is 0 Å². The van der Waals surface area contributed by atoms with Gasteiger partial charge in [0.15, 0.2) is 0 Å². The Morgan fingerprint density at radius 3 is 1.42 bits per heavy atom. The van der Waals surface area contributed by atoms with E-state index in [-0.39, 0.29) is 25.0 Å². The largest absolute Gasteiger partial charge is 0.396 e. The van der Waals surface area contributed by atoms with Crippen LogP contribution < -0.4 is 0 Å². The predicted molar refractivity (Wildman–Crippen MR) is 48.1 cm³/mol. The fraction of sp³-hybridized carbons (Fsp3) is 0.600. The maximum Gasteiger partial charge on any atom is 0.0472 e. The molecule has 0 saturated carbocycles. The minimum atomic E-state index is -0.0731. The second-order valence-corrected chi connectivity index (χ2v) is 2.70. The summed E-state index contributed by atoms with van der Waals surface area (Å²) in [4.78, 5) is 0. The van der Waals surface area contributed by atoms with Crippen molar-refractivity contribution in [3.05, 3.63) is 0 Å². The average molecular weight is 166 g/mol. The lowest BCUT2D eigenvalue weighted by Crippen LogP contribution is -2.21. The third-order valence-electron chi connectivity index (χ3n) is 1.90. The van der Waals surface area contributed by atoms with Crippen LogP contribution in [-0.4, -0.2) is 23.4 Å². The van der Waals surface area contributed by atoms with Gasteiger partial charge in [-0.25, -0.2) is 0 Å². The van der Waals surface area contributed by atoms with Crippen LogP contribution in [0.1, 0.15) is 12.8 Å². The highest BCUT2D eigenvalue weighted by Gasteiger charge is 2.17. The number of aliphatic hydroxyl groups is 2. The molecule has 0 radical (unpaired) electrons. The van der Waals surface area contributed by atoms with E-state index >= 15 is 0 Å². The maximum absolute atomic E-state index is 8.91. The fourth-order valence-corrected chi connectivity index (χ4v) is 1.06. The summed E-state index contributed by atoms with van der Waals surface area (Å²) < 4.78 is 0. The summed E-state index contributed by atoms with van der Waals surface area (Å²) in [5, 5.41) is 17.8. The highest BCUT2D eigenvalue weighted by molar-refractivity contribution is 4.93. The fourth-order valence-electron chi connectivity index (χ4n) is 1.06. The van der Waals surface area contributed by atoms with Crippen LogP contribution in [0.4, 0.5) is 0 Å². The van der Waals surface area contributed by atoms with E-state index in [0.29, 0.717) is 12.8 Å². The van der Waals surface area contributed by atoms with Crippen molar-refractivity contribution >= 4 is 0 Å². The van der Waals surface area contributed by atoms with Crippen molar-refractivity contribution in [2.45, 2.75) is 12.8 Å². The van der Waals surface area contributed by atoms with Crippen molar-refractivity contribution in [3.8, 4) is 24.7 Å². The molecule has 0 bridgehead atoms. The molecule has 2 heteroatoms. The van der Waals surface area contributed by atoms with E-state index in [1.54, 1.807) is 0 Å². The summed E-state index contributed by atoms with van der Waals surface area (Å²) >= 11 is 0. The molecule has 0 unspecified atom stereocenters. The molecule has 2 N–H and O–H groups in total. The molecule has 2 nitrogen and oxygen atoms in total. The molecule has 0 fully saturated rings. The number of rotatable bonds is 5. The Labute approximate surface area is 73.6 Å². The standard InChI is InChI=1S/C10H14O2/c1-3-5-9(7-11)10(8-12)6-4-2/h1-2,9-12H,5-8H2/t9-,10-/m1/s1. The molecule has 12 heavy (non-hydrogen) atoms. The zero-order valence-electron chi connectivity index (χ0n) is 7.03. The SMILES string of the molecule is C#CC[C@H](CO)[C@@H](CO)CC#C. The number of hydrogen-bond acceptors (Lipinski definition) is 2. The van der Waals surface area contributed by atoms with E-state index < -0.39 is 0 Å². The molecular formula is C10H14O2. The minimum Gasteiger partial charge on any atom is -0.396 e. The van der Waals surface area contributed by atoms with Crippen LogP contribution in [0.15, 0.2) is 0 Å². The first-order chi connectivity index (χ1) is 5.79. The Morgan fingerprint density at radius 2 is 1.25 bits per heavy atom. The van der Waals surface area contributed by atoms with Gasteiger partial charge >= 0.3 is 0 Å². The first-order valence-corrected chi connectivity index (χ1v) is 3.88. The van der Waals surface area contributed by atoms with E-state index in [1.165, 1.54) is 0 Å². The third-order valence-corrected chi connectivity index (χ3v) is 1.90.